The minimum atomic E-state index is -0.192. The minimum absolute atomic E-state index is 0.0246. The standard InChI is InChI=1S/C15H20N4OS/c1-11(21-15-18-17-12(2)19(15)3)14(20)16-10-9-13-7-5-4-6-8-13/h4-8,11H,9-10H2,1-3H3,(H,16,20)/t11-/m1/s1. The molecule has 0 radical (unpaired) electrons. The lowest BCUT2D eigenvalue weighted by Crippen LogP contribution is -2.32. The van der Waals surface area contributed by atoms with E-state index < -0.39 is 0 Å². The Kier molecular flexibility index (Phi) is 5.38. The molecule has 1 atom stereocenters. The van der Waals surface area contributed by atoms with Gasteiger partial charge in [-0.3, -0.25) is 4.79 Å². The second kappa shape index (κ2) is 7.26. The van der Waals surface area contributed by atoms with Crippen molar-refractivity contribution in [3.8, 4) is 0 Å². The zero-order chi connectivity index (χ0) is 15.2. The highest BCUT2D eigenvalue weighted by atomic mass is 32.2. The zero-order valence-electron chi connectivity index (χ0n) is 12.5. The Morgan fingerprint density at radius 3 is 2.67 bits per heavy atom. The summed E-state index contributed by atoms with van der Waals surface area (Å²) in [5.74, 6) is 0.866. The molecule has 1 heterocycles. The number of aryl methyl sites for hydroxylation is 1. The summed E-state index contributed by atoms with van der Waals surface area (Å²) in [6.07, 6.45) is 0.840. The largest absolute Gasteiger partial charge is 0.355 e. The van der Waals surface area contributed by atoms with E-state index in [9.17, 15) is 4.79 Å². The van der Waals surface area contributed by atoms with E-state index in [0.717, 1.165) is 17.4 Å². The third-order valence-corrected chi connectivity index (χ3v) is 4.39. The normalized spacial score (nSPS) is 12.1. The van der Waals surface area contributed by atoms with Gasteiger partial charge >= 0.3 is 0 Å². The van der Waals surface area contributed by atoms with Crippen molar-refractivity contribution in [3.05, 3.63) is 41.7 Å². The summed E-state index contributed by atoms with van der Waals surface area (Å²) >= 11 is 1.42. The number of nitrogens with one attached hydrogen (secondary N) is 1. The monoisotopic (exact) mass is 304 g/mol. The molecule has 0 fully saturated rings. The van der Waals surface area contributed by atoms with Gasteiger partial charge in [0.25, 0.3) is 0 Å². The molecule has 1 N–H and O–H groups in total. The molecule has 5 nitrogen and oxygen atoms in total. The summed E-state index contributed by atoms with van der Waals surface area (Å²) in [5, 5.41) is 11.6. The highest BCUT2D eigenvalue weighted by Crippen LogP contribution is 2.21. The van der Waals surface area contributed by atoms with Gasteiger partial charge in [0.05, 0.1) is 5.25 Å². The zero-order valence-corrected chi connectivity index (χ0v) is 13.4. The fraction of sp³-hybridized carbons (Fsp3) is 0.400. The van der Waals surface area contributed by atoms with Crippen molar-refractivity contribution in [1.29, 1.82) is 0 Å². The number of carbonyl (C=O) groups is 1. The average Bonchev–Trinajstić information content (AvgIpc) is 2.80. The number of carbonyl (C=O) groups excluding carboxylic acids is 1. The molecule has 1 aromatic carbocycles. The van der Waals surface area contributed by atoms with E-state index in [4.69, 9.17) is 0 Å². The van der Waals surface area contributed by atoms with E-state index in [1.807, 2.05) is 43.7 Å². The van der Waals surface area contributed by atoms with Gasteiger partial charge in [0.1, 0.15) is 5.82 Å². The lowest BCUT2D eigenvalue weighted by Gasteiger charge is -2.11. The lowest BCUT2D eigenvalue weighted by molar-refractivity contribution is -0.120. The number of benzene rings is 1. The van der Waals surface area contributed by atoms with Crippen LogP contribution in [-0.4, -0.2) is 32.5 Å². The van der Waals surface area contributed by atoms with E-state index in [1.165, 1.54) is 17.3 Å². The van der Waals surface area contributed by atoms with Gasteiger partial charge in [-0.05, 0) is 25.8 Å². The number of aromatic nitrogens is 3. The number of thioether (sulfide) groups is 1. The minimum Gasteiger partial charge on any atom is -0.355 e. The Morgan fingerprint density at radius 2 is 2.05 bits per heavy atom. The maximum absolute atomic E-state index is 12.1. The Hall–Kier alpha value is -1.82. The average molecular weight is 304 g/mol. The van der Waals surface area contributed by atoms with Gasteiger partial charge in [0.15, 0.2) is 5.16 Å². The van der Waals surface area contributed by atoms with Crippen LogP contribution in [0.5, 0.6) is 0 Å². The highest BCUT2D eigenvalue weighted by Gasteiger charge is 2.17. The fourth-order valence-electron chi connectivity index (χ4n) is 1.82. The van der Waals surface area contributed by atoms with Crippen molar-refractivity contribution in [2.24, 2.45) is 7.05 Å². The molecule has 0 spiro atoms. The molecule has 0 saturated carbocycles. The van der Waals surface area contributed by atoms with Crippen molar-refractivity contribution in [2.45, 2.75) is 30.7 Å². The number of rotatable bonds is 6. The molecule has 2 rings (SSSR count). The molecule has 1 amide bonds. The quantitative estimate of drug-likeness (QED) is 0.829. The topological polar surface area (TPSA) is 59.8 Å². The van der Waals surface area contributed by atoms with Crippen LogP contribution in [0.3, 0.4) is 0 Å². The Labute approximate surface area is 129 Å². The lowest BCUT2D eigenvalue weighted by atomic mass is 10.1. The highest BCUT2D eigenvalue weighted by molar-refractivity contribution is 8.00. The van der Waals surface area contributed by atoms with Gasteiger partial charge in [-0.2, -0.15) is 0 Å². The fourth-order valence-corrected chi connectivity index (χ4v) is 2.71. The van der Waals surface area contributed by atoms with Crippen molar-refractivity contribution >= 4 is 17.7 Å². The predicted octanol–water partition coefficient (Wildman–Crippen LogP) is 1.96. The molecule has 0 saturated heterocycles. The molecule has 21 heavy (non-hydrogen) atoms. The van der Waals surface area contributed by atoms with E-state index in [1.54, 1.807) is 0 Å². The first-order valence-electron chi connectivity index (χ1n) is 6.92. The van der Waals surface area contributed by atoms with Gasteiger partial charge in [-0.15, -0.1) is 10.2 Å². The molecule has 2 aromatic rings. The molecule has 0 aliphatic rings. The molecule has 0 aliphatic carbocycles. The summed E-state index contributed by atoms with van der Waals surface area (Å²) in [6, 6.07) is 10.1. The van der Waals surface area contributed by atoms with Crippen LogP contribution in [0.4, 0.5) is 0 Å². The molecular weight excluding hydrogens is 284 g/mol. The van der Waals surface area contributed by atoms with Gasteiger partial charge < -0.3 is 9.88 Å². The Balaban J connectivity index is 1.79. The summed E-state index contributed by atoms with van der Waals surface area (Å²) in [4.78, 5) is 12.1. The summed E-state index contributed by atoms with van der Waals surface area (Å²) in [5.41, 5.74) is 1.22. The van der Waals surface area contributed by atoms with Gasteiger partial charge in [0.2, 0.25) is 5.91 Å². The number of amides is 1. The van der Waals surface area contributed by atoms with Gasteiger partial charge in [0, 0.05) is 13.6 Å². The van der Waals surface area contributed by atoms with Crippen molar-refractivity contribution in [2.75, 3.05) is 6.54 Å². The molecule has 6 heteroatoms. The predicted molar refractivity (Wildman–Crippen MR) is 84.2 cm³/mol. The second-order valence-electron chi connectivity index (χ2n) is 4.88. The van der Waals surface area contributed by atoms with Gasteiger partial charge in [-0.25, -0.2) is 0 Å². The van der Waals surface area contributed by atoms with E-state index in [-0.39, 0.29) is 11.2 Å². The maximum Gasteiger partial charge on any atom is 0.233 e. The van der Waals surface area contributed by atoms with Crippen LogP contribution in [0.15, 0.2) is 35.5 Å². The molecule has 0 unspecified atom stereocenters. The third-order valence-electron chi connectivity index (χ3n) is 3.26. The van der Waals surface area contributed by atoms with Crippen LogP contribution in [0.1, 0.15) is 18.3 Å². The van der Waals surface area contributed by atoms with Crippen molar-refractivity contribution in [1.82, 2.24) is 20.1 Å². The molecule has 0 bridgehead atoms. The van der Waals surface area contributed by atoms with Crippen molar-refractivity contribution in [3.63, 3.8) is 0 Å². The second-order valence-corrected chi connectivity index (χ2v) is 6.18. The van der Waals surface area contributed by atoms with Gasteiger partial charge in [-0.1, -0.05) is 42.1 Å². The number of hydrogen-bond donors (Lipinski definition) is 1. The van der Waals surface area contributed by atoms with Crippen molar-refractivity contribution < 1.29 is 4.79 Å². The summed E-state index contributed by atoms with van der Waals surface area (Å²) in [6.45, 7) is 4.42. The van der Waals surface area contributed by atoms with E-state index >= 15 is 0 Å². The van der Waals surface area contributed by atoms with Crippen LogP contribution in [0.2, 0.25) is 0 Å². The van der Waals surface area contributed by atoms with Crippen LogP contribution >= 0.6 is 11.8 Å². The molecule has 0 aliphatic heterocycles. The smallest absolute Gasteiger partial charge is 0.233 e. The van der Waals surface area contributed by atoms with E-state index in [2.05, 4.69) is 27.6 Å². The first-order chi connectivity index (χ1) is 10.1. The van der Waals surface area contributed by atoms with E-state index in [0.29, 0.717) is 6.54 Å². The Bertz CT molecular complexity index is 597. The van der Waals surface area contributed by atoms with Crippen LogP contribution in [0.25, 0.3) is 0 Å². The first-order valence-corrected chi connectivity index (χ1v) is 7.80. The summed E-state index contributed by atoms with van der Waals surface area (Å²) < 4.78 is 1.89. The maximum atomic E-state index is 12.1. The third kappa shape index (κ3) is 4.32. The molecule has 1 aromatic heterocycles. The number of nitrogens with zero attached hydrogens (tertiary/aromatic N) is 3. The van der Waals surface area contributed by atoms with Crippen LogP contribution in [0, 0.1) is 6.92 Å². The SMILES string of the molecule is Cc1nnc(S[C@H](C)C(=O)NCCc2ccccc2)n1C. The Morgan fingerprint density at radius 1 is 1.33 bits per heavy atom. The summed E-state index contributed by atoms with van der Waals surface area (Å²) in [7, 11) is 1.90. The van der Waals surface area contributed by atoms with Crippen LogP contribution < -0.4 is 5.32 Å². The molecule has 112 valence electrons. The number of hydrogen-bond acceptors (Lipinski definition) is 4. The first kappa shape index (κ1) is 15.6. The molecular formula is C15H20N4OS. The van der Waals surface area contributed by atoms with Crippen LogP contribution in [-0.2, 0) is 18.3 Å².